The van der Waals surface area contributed by atoms with E-state index in [9.17, 15) is 9.59 Å². The van der Waals surface area contributed by atoms with Gasteiger partial charge in [-0.25, -0.2) is 4.98 Å². The zero-order valence-electron chi connectivity index (χ0n) is 12.0. The Labute approximate surface area is 126 Å². The molecule has 0 aliphatic carbocycles. The zero-order chi connectivity index (χ0) is 15.4. The average molecular weight is 308 g/mol. The van der Waals surface area contributed by atoms with Crippen LogP contribution >= 0.6 is 11.8 Å². The number of hydrogen-bond donors (Lipinski definition) is 0. The molecule has 0 amide bonds. The molecule has 0 unspecified atom stereocenters. The van der Waals surface area contributed by atoms with E-state index in [0.717, 1.165) is 16.5 Å². The lowest BCUT2D eigenvalue weighted by Gasteiger charge is -2.14. The smallest absolute Gasteiger partial charge is 0.319 e. The molecule has 1 aromatic heterocycles. The fraction of sp³-hybridized carbons (Fsp3) is 0.357. The molecule has 0 saturated heterocycles. The highest BCUT2D eigenvalue weighted by molar-refractivity contribution is 8.00. The van der Waals surface area contributed by atoms with Crippen LogP contribution in [-0.4, -0.2) is 34.7 Å². The summed E-state index contributed by atoms with van der Waals surface area (Å²) >= 11 is 1.12. The molecule has 2 aromatic rings. The molecule has 1 aromatic carbocycles. The maximum atomic E-state index is 12.3. The number of carbonyl (C=O) groups excluding carboxylic acids is 1. The highest BCUT2D eigenvalue weighted by Crippen LogP contribution is 2.22. The fourth-order valence-corrected chi connectivity index (χ4v) is 2.68. The van der Waals surface area contributed by atoms with Gasteiger partial charge in [-0.1, -0.05) is 23.9 Å². The van der Waals surface area contributed by atoms with Crippen molar-refractivity contribution < 1.29 is 14.4 Å². The van der Waals surface area contributed by atoms with Gasteiger partial charge in [0.25, 0.3) is 5.56 Å². The Bertz CT molecular complexity index is 714. The number of fused-ring (bicyclic) bond motifs is 1. The zero-order valence-corrected chi connectivity index (χ0v) is 12.8. The van der Waals surface area contributed by atoms with Crippen LogP contribution in [0.15, 0.2) is 34.2 Å². The van der Waals surface area contributed by atoms with Crippen LogP contribution in [0.2, 0.25) is 0 Å². The third kappa shape index (κ3) is 3.18. The maximum absolute atomic E-state index is 12.3. The average Bonchev–Trinajstić information content (AvgIpc) is 2.48. The van der Waals surface area contributed by atoms with Crippen LogP contribution in [0.3, 0.4) is 0 Å². The quantitative estimate of drug-likeness (QED) is 0.473. The molecule has 1 atom stereocenters. The molecule has 1 heterocycles. The molecule has 0 aliphatic rings. The van der Waals surface area contributed by atoms with Crippen molar-refractivity contribution in [2.75, 3.05) is 13.7 Å². The summed E-state index contributed by atoms with van der Waals surface area (Å²) in [5.74, 6) is -0.354. The van der Waals surface area contributed by atoms with Gasteiger partial charge in [0.05, 0.1) is 17.5 Å². The molecule has 0 aliphatic heterocycles. The second kappa shape index (κ2) is 6.62. The Kier molecular flexibility index (Phi) is 4.85. The molecule has 0 N–H and O–H groups in total. The summed E-state index contributed by atoms with van der Waals surface area (Å²) < 4.78 is 6.04. The van der Waals surface area contributed by atoms with Gasteiger partial charge >= 0.3 is 5.97 Å². The lowest BCUT2D eigenvalue weighted by Crippen LogP contribution is -2.29. The van der Waals surface area contributed by atoms with Crippen molar-refractivity contribution in [1.82, 2.24) is 9.71 Å². The summed E-state index contributed by atoms with van der Waals surface area (Å²) in [5.41, 5.74) is 0.260. The molecule has 7 heteroatoms. The number of rotatable bonds is 5. The van der Waals surface area contributed by atoms with E-state index in [2.05, 4.69) is 4.98 Å². The molecule has 2 rings (SSSR count). The number of thioether (sulfide) groups is 1. The summed E-state index contributed by atoms with van der Waals surface area (Å²) in [7, 11) is 1.39. The topological polar surface area (TPSA) is 70.4 Å². The summed E-state index contributed by atoms with van der Waals surface area (Å²) in [5, 5.41) is 0.300. The predicted octanol–water partition coefficient (Wildman–Crippen LogP) is 1.50. The summed E-state index contributed by atoms with van der Waals surface area (Å²) in [6.45, 7) is 3.75. The number of hydrogen-bond acceptors (Lipinski definition) is 6. The molecule has 6 nitrogen and oxygen atoms in total. The van der Waals surface area contributed by atoms with E-state index >= 15 is 0 Å². The summed E-state index contributed by atoms with van der Waals surface area (Å²) in [6.07, 6.45) is 0. The number of benzene rings is 1. The van der Waals surface area contributed by atoms with Gasteiger partial charge in [0, 0.05) is 0 Å². The van der Waals surface area contributed by atoms with Gasteiger partial charge in [-0.3, -0.25) is 9.59 Å². The Morgan fingerprint density at radius 3 is 2.81 bits per heavy atom. The van der Waals surface area contributed by atoms with Crippen molar-refractivity contribution in [3.05, 3.63) is 34.6 Å². The normalized spacial score (nSPS) is 12.1. The Morgan fingerprint density at radius 2 is 2.14 bits per heavy atom. The summed E-state index contributed by atoms with van der Waals surface area (Å²) in [6, 6.07) is 6.99. The van der Waals surface area contributed by atoms with E-state index in [4.69, 9.17) is 9.57 Å². The monoisotopic (exact) mass is 308 g/mol. The van der Waals surface area contributed by atoms with E-state index in [1.54, 1.807) is 38.1 Å². The van der Waals surface area contributed by atoms with Crippen molar-refractivity contribution in [1.29, 1.82) is 0 Å². The van der Waals surface area contributed by atoms with Crippen LogP contribution in [-0.2, 0) is 9.53 Å². The highest BCUT2D eigenvalue weighted by Gasteiger charge is 2.20. The molecule has 0 fully saturated rings. The minimum atomic E-state index is -0.487. The summed E-state index contributed by atoms with van der Waals surface area (Å²) in [4.78, 5) is 33.5. The van der Waals surface area contributed by atoms with Crippen molar-refractivity contribution in [3.63, 3.8) is 0 Å². The number of ether oxygens (including phenoxy) is 1. The van der Waals surface area contributed by atoms with Crippen molar-refractivity contribution in [2.24, 2.45) is 0 Å². The lowest BCUT2D eigenvalue weighted by atomic mass is 10.2. The Balaban J connectivity index is 2.43. The van der Waals surface area contributed by atoms with E-state index < -0.39 is 5.25 Å². The third-order valence-electron chi connectivity index (χ3n) is 2.79. The first-order valence-electron chi connectivity index (χ1n) is 6.48. The molecule has 0 spiro atoms. The van der Waals surface area contributed by atoms with E-state index in [1.165, 1.54) is 7.11 Å². The number of aromatic nitrogens is 2. The van der Waals surface area contributed by atoms with Crippen LogP contribution in [0.4, 0.5) is 0 Å². The minimum absolute atomic E-state index is 0.304. The minimum Gasteiger partial charge on any atom is -0.465 e. The number of carbonyl (C=O) groups is 1. The second-order valence-electron chi connectivity index (χ2n) is 4.21. The standard InChI is InChI=1S/C14H16N2O4S/c1-4-20-13(18)9(2)21-14-15-11-8-6-5-7-10(11)12(17)16(14)19-3/h5-9H,4H2,1-3H3/t9-/m1/s1. The highest BCUT2D eigenvalue weighted by atomic mass is 32.2. The van der Waals surface area contributed by atoms with E-state index in [0.29, 0.717) is 22.7 Å². The van der Waals surface area contributed by atoms with Crippen molar-refractivity contribution in [2.45, 2.75) is 24.3 Å². The van der Waals surface area contributed by atoms with Crippen molar-refractivity contribution in [3.8, 4) is 0 Å². The molecule has 0 radical (unpaired) electrons. The van der Waals surface area contributed by atoms with Crippen LogP contribution < -0.4 is 10.4 Å². The van der Waals surface area contributed by atoms with E-state index in [-0.39, 0.29) is 11.5 Å². The second-order valence-corrected chi connectivity index (χ2v) is 5.51. The number of nitrogens with zero attached hydrogens (tertiary/aromatic N) is 2. The molecule has 112 valence electrons. The van der Waals surface area contributed by atoms with Gasteiger partial charge in [0.1, 0.15) is 12.4 Å². The van der Waals surface area contributed by atoms with Crippen LogP contribution in [0, 0.1) is 0 Å². The van der Waals surface area contributed by atoms with Gasteiger partial charge in [-0.2, -0.15) is 0 Å². The van der Waals surface area contributed by atoms with Crippen LogP contribution in [0.25, 0.3) is 10.9 Å². The third-order valence-corrected chi connectivity index (χ3v) is 3.81. The SMILES string of the molecule is CCOC(=O)[C@@H](C)Sc1nc2ccccc2c(=O)n1OC. The molecule has 0 bridgehead atoms. The van der Waals surface area contributed by atoms with Crippen LogP contribution in [0.5, 0.6) is 0 Å². The molecular formula is C14H16N2O4S. The maximum Gasteiger partial charge on any atom is 0.319 e. The Morgan fingerprint density at radius 1 is 1.43 bits per heavy atom. The first-order chi connectivity index (χ1) is 10.1. The Hall–Kier alpha value is -2.02. The molecular weight excluding hydrogens is 292 g/mol. The number of para-hydroxylation sites is 1. The number of esters is 1. The van der Waals surface area contributed by atoms with Gasteiger partial charge in [-0.05, 0) is 26.0 Å². The molecule has 0 saturated carbocycles. The van der Waals surface area contributed by atoms with E-state index in [1.807, 2.05) is 0 Å². The van der Waals surface area contributed by atoms with Gasteiger partial charge in [-0.15, -0.1) is 4.73 Å². The van der Waals surface area contributed by atoms with Gasteiger partial charge < -0.3 is 9.57 Å². The van der Waals surface area contributed by atoms with Crippen LogP contribution in [0.1, 0.15) is 13.8 Å². The van der Waals surface area contributed by atoms with Crippen molar-refractivity contribution >= 4 is 28.6 Å². The first kappa shape index (κ1) is 15.4. The predicted molar refractivity (Wildman–Crippen MR) is 80.5 cm³/mol. The largest absolute Gasteiger partial charge is 0.465 e. The lowest BCUT2D eigenvalue weighted by molar-refractivity contribution is -0.142. The first-order valence-corrected chi connectivity index (χ1v) is 7.36. The van der Waals surface area contributed by atoms with Gasteiger partial charge in [0.15, 0.2) is 0 Å². The molecule has 21 heavy (non-hydrogen) atoms. The fourth-order valence-electron chi connectivity index (χ4n) is 1.80. The van der Waals surface area contributed by atoms with Gasteiger partial charge in [0.2, 0.25) is 5.16 Å².